The van der Waals surface area contributed by atoms with E-state index in [2.05, 4.69) is 5.32 Å². The number of anilines is 1. The van der Waals surface area contributed by atoms with Crippen LogP contribution in [0.2, 0.25) is 0 Å². The molecule has 0 aliphatic carbocycles. The highest BCUT2D eigenvalue weighted by molar-refractivity contribution is 6.01. The Balaban J connectivity index is 1.76. The first-order valence-electron chi connectivity index (χ1n) is 8.40. The van der Waals surface area contributed by atoms with Crippen LogP contribution in [-0.2, 0) is 4.79 Å². The van der Waals surface area contributed by atoms with E-state index in [0.717, 1.165) is 23.2 Å². The van der Waals surface area contributed by atoms with Crippen LogP contribution in [0.4, 0.5) is 10.1 Å². The minimum absolute atomic E-state index is 0.202. The summed E-state index contributed by atoms with van der Waals surface area (Å²) in [5, 5.41) is 2.91. The number of carbonyl (C=O) groups excluding carboxylic acids is 2. The van der Waals surface area contributed by atoms with Gasteiger partial charge in [0.1, 0.15) is 11.9 Å². The second kappa shape index (κ2) is 7.05. The van der Waals surface area contributed by atoms with Crippen LogP contribution in [0.1, 0.15) is 34.3 Å². The van der Waals surface area contributed by atoms with Gasteiger partial charge in [-0.3, -0.25) is 9.59 Å². The third kappa shape index (κ3) is 3.87. The molecule has 0 bridgehead atoms. The van der Waals surface area contributed by atoms with E-state index >= 15 is 0 Å². The molecule has 0 saturated carbocycles. The van der Waals surface area contributed by atoms with Crippen LogP contribution in [0.3, 0.4) is 0 Å². The highest BCUT2D eigenvalue weighted by Crippen LogP contribution is 2.23. The number of benzene rings is 2. The summed E-state index contributed by atoms with van der Waals surface area (Å²) in [5.74, 6) is -0.967. The Morgan fingerprint density at radius 3 is 2.52 bits per heavy atom. The van der Waals surface area contributed by atoms with E-state index in [1.54, 1.807) is 6.07 Å². The van der Waals surface area contributed by atoms with Crippen LogP contribution in [-0.4, -0.2) is 29.3 Å². The average molecular weight is 340 g/mol. The molecular formula is C20H21FN2O2. The molecule has 130 valence electrons. The second-order valence-electron chi connectivity index (χ2n) is 6.53. The lowest BCUT2D eigenvalue weighted by molar-refractivity contribution is -0.119. The number of rotatable bonds is 3. The van der Waals surface area contributed by atoms with E-state index in [1.165, 1.54) is 23.1 Å². The lowest BCUT2D eigenvalue weighted by Crippen LogP contribution is -2.43. The Hall–Kier alpha value is -2.69. The number of aryl methyl sites for hydroxylation is 2. The van der Waals surface area contributed by atoms with E-state index in [9.17, 15) is 14.0 Å². The van der Waals surface area contributed by atoms with E-state index in [4.69, 9.17) is 0 Å². The van der Waals surface area contributed by atoms with Crippen molar-refractivity contribution in [2.24, 2.45) is 0 Å². The molecule has 1 N–H and O–H groups in total. The molecular weight excluding hydrogens is 319 g/mol. The van der Waals surface area contributed by atoms with Gasteiger partial charge in [0.15, 0.2) is 0 Å². The normalized spacial score (nSPS) is 16.8. The lowest BCUT2D eigenvalue weighted by atomic mass is 10.1. The summed E-state index contributed by atoms with van der Waals surface area (Å²) in [6.07, 6.45) is 1.36. The number of nitrogens with zero attached hydrogens (tertiary/aromatic N) is 1. The number of carbonyl (C=O) groups is 2. The third-order valence-electron chi connectivity index (χ3n) is 4.38. The van der Waals surface area contributed by atoms with Gasteiger partial charge in [0.25, 0.3) is 5.91 Å². The molecule has 2 amide bonds. The molecule has 1 atom stereocenters. The number of hydrogen-bond donors (Lipinski definition) is 1. The first-order chi connectivity index (χ1) is 11.9. The number of halogens is 1. The van der Waals surface area contributed by atoms with Crippen molar-refractivity contribution in [3.63, 3.8) is 0 Å². The summed E-state index contributed by atoms with van der Waals surface area (Å²) in [4.78, 5) is 26.9. The Kier molecular flexibility index (Phi) is 4.83. The van der Waals surface area contributed by atoms with Crippen molar-refractivity contribution in [2.45, 2.75) is 32.7 Å². The summed E-state index contributed by atoms with van der Waals surface area (Å²) in [5.41, 5.74) is 3.13. The maximum atomic E-state index is 13.4. The first kappa shape index (κ1) is 17.1. The standard InChI is InChI=1S/C20H21FN2O2/c1-13-9-14(2)11-17(10-13)22-19(24)18-7-4-8-23(18)20(25)15-5-3-6-16(21)12-15/h3,5-6,9-12,18H,4,7-8H2,1-2H3,(H,22,24)/t18-/m1/s1. The van der Waals surface area contributed by atoms with Crippen molar-refractivity contribution in [1.82, 2.24) is 4.90 Å². The molecule has 1 aliphatic heterocycles. The van der Waals surface area contributed by atoms with Gasteiger partial charge in [-0.25, -0.2) is 4.39 Å². The van der Waals surface area contributed by atoms with E-state index in [-0.39, 0.29) is 17.4 Å². The van der Waals surface area contributed by atoms with Gasteiger partial charge in [0.2, 0.25) is 5.91 Å². The molecule has 0 radical (unpaired) electrons. The maximum absolute atomic E-state index is 13.4. The van der Waals surface area contributed by atoms with Crippen LogP contribution in [0.15, 0.2) is 42.5 Å². The predicted octanol–water partition coefficient (Wildman–Crippen LogP) is 3.69. The van der Waals surface area contributed by atoms with Crippen molar-refractivity contribution >= 4 is 17.5 Å². The van der Waals surface area contributed by atoms with Crippen LogP contribution < -0.4 is 5.32 Å². The maximum Gasteiger partial charge on any atom is 0.254 e. The van der Waals surface area contributed by atoms with Gasteiger partial charge in [-0.2, -0.15) is 0 Å². The molecule has 0 unspecified atom stereocenters. The Morgan fingerprint density at radius 1 is 1.12 bits per heavy atom. The van der Waals surface area contributed by atoms with Crippen LogP contribution in [0.5, 0.6) is 0 Å². The fraction of sp³-hybridized carbons (Fsp3) is 0.300. The van der Waals surface area contributed by atoms with Crippen molar-refractivity contribution in [2.75, 3.05) is 11.9 Å². The van der Waals surface area contributed by atoms with Gasteiger partial charge in [0.05, 0.1) is 0 Å². The second-order valence-corrected chi connectivity index (χ2v) is 6.53. The van der Waals surface area contributed by atoms with Crippen LogP contribution in [0, 0.1) is 19.7 Å². The number of likely N-dealkylation sites (tertiary alicyclic amines) is 1. The summed E-state index contributed by atoms with van der Waals surface area (Å²) in [7, 11) is 0. The quantitative estimate of drug-likeness (QED) is 0.926. The van der Waals surface area contributed by atoms with E-state index in [0.29, 0.717) is 13.0 Å². The molecule has 1 heterocycles. The molecule has 1 fully saturated rings. The zero-order valence-corrected chi connectivity index (χ0v) is 14.4. The number of amides is 2. The molecule has 0 aromatic heterocycles. The molecule has 4 nitrogen and oxygen atoms in total. The van der Waals surface area contributed by atoms with Gasteiger partial charge in [-0.05, 0) is 68.1 Å². The molecule has 0 spiro atoms. The van der Waals surface area contributed by atoms with Gasteiger partial charge in [0, 0.05) is 17.8 Å². The van der Waals surface area contributed by atoms with Gasteiger partial charge >= 0.3 is 0 Å². The van der Waals surface area contributed by atoms with Crippen molar-refractivity contribution < 1.29 is 14.0 Å². The zero-order chi connectivity index (χ0) is 18.0. The average Bonchev–Trinajstić information content (AvgIpc) is 3.02. The topological polar surface area (TPSA) is 49.4 Å². The zero-order valence-electron chi connectivity index (χ0n) is 14.4. The highest BCUT2D eigenvalue weighted by atomic mass is 19.1. The van der Waals surface area contributed by atoms with Crippen LogP contribution >= 0.6 is 0 Å². The largest absolute Gasteiger partial charge is 0.327 e. The molecule has 1 aliphatic rings. The monoisotopic (exact) mass is 340 g/mol. The number of nitrogens with one attached hydrogen (secondary N) is 1. The van der Waals surface area contributed by atoms with Gasteiger partial charge in [-0.1, -0.05) is 12.1 Å². The minimum atomic E-state index is -0.531. The summed E-state index contributed by atoms with van der Waals surface area (Å²) < 4.78 is 13.4. The Bertz CT molecular complexity index is 799. The lowest BCUT2D eigenvalue weighted by Gasteiger charge is -2.24. The van der Waals surface area contributed by atoms with Crippen molar-refractivity contribution in [1.29, 1.82) is 0 Å². The summed E-state index contributed by atoms with van der Waals surface area (Å²) >= 11 is 0. The Labute approximate surface area is 146 Å². The fourth-order valence-electron chi connectivity index (χ4n) is 3.34. The third-order valence-corrected chi connectivity index (χ3v) is 4.38. The molecule has 3 rings (SSSR count). The SMILES string of the molecule is Cc1cc(C)cc(NC(=O)[C@H]2CCCN2C(=O)c2cccc(F)c2)c1. The fourth-order valence-corrected chi connectivity index (χ4v) is 3.34. The molecule has 1 saturated heterocycles. The Morgan fingerprint density at radius 2 is 1.84 bits per heavy atom. The van der Waals surface area contributed by atoms with Crippen LogP contribution in [0.25, 0.3) is 0 Å². The molecule has 2 aromatic carbocycles. The predicted molar refractivity (Wildman–Crippen MR) is 95.0 cm³/mol. The van der Waals surface area contributed by atoms with E-state index in [1.807, 2.05) is 32.0 Å². The minimum Gasteiger partial charge on any atom is -0.327 e. The summed E-state index contributed by atoms with van der Waals surface area (Å²) in [6, 6.07) is 10.9. The first-order valence-corrected chi connectivity index (χ1v) is 8.40. The van der Waals surface area contributed by atoms with E-state index < -0.39 is 11.9 Å². The molecule has 2 aromatic rings. The molecule has 25 heavy (non-hydrogen) atoms. The smallest absolute Gasteiger partial charge is 0.254 e. The molecule has 5 heteroatoms. The highest BCUT2D eigenvalue weighted by Gasteiger charge is 2.34. The summed E-state index contributed by atoms with van der Waals surface area (Å²) in [6.45, 7) is 4.44. The number of hydrogen-bond acceptors (Lipinski definition) is 2. The van der Waals surface area contributed by atoms with Crippen molar-refractivity contribution in [3.05, 3.63) is 65.0 Å². The van der Waals surface area contributed by atoms with Crippen molar-refractivity contribution in [3.8, 4) is 0 Å². The van der Waals surface area contributed by atoms with Gasteiger partial charge in [-0.15, -0.1) is 0 Å². The van der Waals surface area contributed by atoms with Gasteiger partial charge < -0.3 is 10.2 Å².